The minimum atomic E-state index is -0.269. The number of amides is 1. The Bertz CT molecular complexity index is 1010. The lowest BCUT2D eigenvalue weighted by atomic mass is 10.2. The Morgan fingerprint density at radius 2 is 2.00 bits per heavy atom. The number of nitrogens with one attached hydrogen (secondary N) is 1. The average Bonchev–Trinajstić information content (AvgIpc) is 3.27. The van der Waals surface area contributed by atoms with Gasteiger partial charge in [0.25, 0.3) is 5.91 Å². The minimum absolute atomic E-state index is 0.118. The number of ether oxygens (including phenoxy) is 2. The van der Waals surface area contributed by atoms with Gasteiger partial charge in [-0.25, -0.2) is 4.98 Å². The number of rotatable bonds is 9. The summed E-state index contributed by atoms with van der Waals surface area (Å²) in [6, 6.07) is 9.39. The van der Waals surface area contributed by atoms with Crippen molar-refractivity contribution in [2.75, 3.05) is 18.5 Å². The van der Waals surface area contributed by atoms with Gasteiger partial charge in [0, 0.05) is 28.9 Å². The molecule has 1 amide bonds. The summed E-state index contributed by atoms with van der Waals surface area (Å²) in [5.74, 6) is 0.891. The van der Waals surface area contributed by atoms with Gasteiger partial charge >= 0.3 is 0 Å². The van der Waals surface area contributed by atoms with E-state index in [9.17, 15) is 4.79 Å². The molecule has 0 saturated carbocycles. The fraction of sp³-hybridized carbons (Fsp3) is 0.273. The minimum Gasteiger partial charge on any atom is -0.490 e. The van der Waals surface area contributed by atoms with Gasteiger partial charge in [0.05, 0.1) is 12.3 Å². The fourth-order valence-electron chi connectivity index (χ4n) is 3.07. The number of allylic oxidation sites excluding steroid dienone is 1. The van der Waals surface area contributed by atoms with Crippen LogP contribution in [0.4, 0.5) is 5.13 Å². The molecule has 2 aromatic heterocycles. The summed E-state index contributed by atoms with van der Waals surface area (Å²) in [4.78, 5) is 16.9. The van der Waals surface area contributed by atoms with Crippen molar-refractivity contribution in [1.82, 2.24) is 9.55 Å². The lowest BCUT2D eigenvalue weighted by Gasteiger charge is -2.10. The molecular weight excluding hydrogens is 386 g/mol. The van der Waals surface area contributed by atoms with E-state index in [1.807, 2.05) is 36.6 Å². The van der Waals surface area contributed by atoms with Gasteiger partial charge in [0.1, 0.15) is 0 Å². The molecule has 0 bridgehead atoms. The standard InChI is InChI=1S/C22H25N3O3S/c1-5-11-25-15(3)12-17(16(25)4)18-14-29-22(23-18)24-21(26)13-28-20-10-8-7-9-19(20)27-6-2/h5,7-10,12,14H,1,6,11,13H2,2-4H3,(H,23,24,26). The zero-order valence-electron chi connectivity index (χ0n) is 16.9. The maximum atomic E-state index is 12.3. The van der Waals surface area contributed by atoms with Crippen LogP contribution in [0.5, 0.6) is 11.5 Å². The molecule has 0 aliphatic heterocycles. The number of aromatic nitrogens is 2. The number of nitrogens with zero attached hydrogens (tertiary/aromatic N) is 2. The molecule has 152 valence electrons. The molecule has 2 heterocycles. The van der Waals surface area contributed by atoms with Crippen LogP contribution in [0.1, 0.15) is 18.3 Å². The Balaban J connectivity index is 1.64. The van der Waals surface area contributed by atoms with E-state index >= 15 is 0 Å². The Kier molecular flexibility index (Phi) is 6.72. The molecule has 0 spiro atoms. The maximum Gasteiger partial charge on any atom is 0.264 e. The van der Waals surface area contributed by atoms with Crippen LogP contribution in [0.3, 0.4) is 0 Å². The van der Waals surface area contributed by atoms with Crippen LogP contribution in [0.15, 0.2) is 48.4 Å². The quantitative estimate of drug-likeness (QED) is 0.512. The number of hydrogen-bond donors (Lipinski definition) is 1. The Morgan fingerprint density at radius 1 is 1.28 bits per heavy atom. The summed E-state index contributed by atoms with van der Waals surface area (Å²) in [5.41, 5.74) is 4.18. The van der Waals surface area contributed by atoms with Crippen LogP contribution in [-0.4, -0.2) is 28.7 Å². The summed E-state index contributed by atoms with van der Waals surface area (Å²) < 4.78 is 13.3. The first-order chi connectivity index (χ1) is 14.0. The van der Waals surface area contributed by atoms with Crippen molar-refractivity contribution in [2.45, 2.75) is 27.3 Å². The van der Waals surface area contributed by atoms with Crippen LogP contribution in [0, 0.1) is 13.8 Å². The lowest BCUT2D eigenvalue weighted by Crippen LogP contribution is -2.20. The highest BCUT2D eigenvalue weighted by molar-refractivity contribution is 7.14. The molecule has 0 aliphatic carbocycles. The van der Waals surface area contributed by atoms with Crippen LogP contribution in [-0.2, 0) is 11.3 Å². The van der Waals surface area contributed by atoms with Gasteiger partial charge in [0.2, 0.25) is 0 Å². The van der Waals surface area contributed by atoms with Crippen molar-refractivity contribution in [3.8, 4) is 22.8 Å². The van der Waals surface area contributed by atoms with Crippen molar-refractivity contribution in [2.24, 2.45) is 0 Å². The van der Waals surface area contributed by atoms with Crippen molar-refractivity contribution in [3.63, 3.8) is 0 Å². The number of carbonyl (C=O) groups is 1. The van der Waals surface area contributed by atoms with E-state index in [0.717, 1.165) is 29.2 Å². The van der Waals surface area contributed by atoms with E-state index in [0.29, 0.717) is 23.2 Å². The van der Waals surface area contributed by atoms with Gasteiger partial charge in [-0.2, -0.15) is 0 Å². The first kappa shape index (κ1) is 20.7. The molecule has 0 radical (unpaired) electrons. The van der Waals surface area contributed by atoms with Gasteiger partial charge in [-0.1, -0.05) is 18.2 Å². The van der Waals surface area contributed by atoms with Crippen molar-refractivity contribution < 1.29 is 14.3 Å². The highest BCUT2D eigenvalue weighted by atomic mass is 32.1. The Morgan fingerprint density at radius 3 is 2.69 bits per heavy atom. The second-order valence-electron chi connectivity index (χ2n) is 6.44. The number of hydrogen-bond acceptors (Lipinski definition) is 5. The van der Waals surface area contributed by atoms with Gasteiger partial charge in [-0.05, 0) is 39.0 Å². The third-order valence-corrected chi connectivity index (χ3v) is 5.18. The summed E-state index contributed by atoms with van der Waals surface area (Å²) in [7, 11) is 0. The first-order valence-corrected chi connectivity index (χ1v) is 10.3. The maximum absolute atomic E-state index is 12.3. The van der Waals surface area contributed by atoms with Crippen LogP contribution >= 0.6 is 11.3 Å². The number of para-hydroxylation sites is 2. The highest BCUT2D eigenvalue weighted by Gasteiger charge is 2.14. The summed E-state index contributed by atoms with van der Waals surface area (Å²) in [6.07, 6.45) is 1.88. The van der Waals surface area contributed by atoms with Crippen molar-refractivity contribution in [1.29, 1.82) is 0 Å². The molecule has 0 aliphatic rings. The number of benzene rings is 1. The second-order valence-corrected chi connectivity index (χ2v) is 7.30. The SMILES string of the molecule is C=CCn1c(C)cc(-c2csc(NC(=O)COc3ccccc3OCC)n2)c1C. The third kappa shape index (κ3) is 4.86. The third-order valence-electron chi connectivity index (χ3n) is 4.42. The monoisotopic (exact) mass is 411 g/mol. The number of carbonyl (C=O) groups excluding carboxylic acids is 1. The average molecular weight is 412 g/mol. The molecule has 0 unspecified atom stereocenters. The summed E-state index contributed by atoms with van der Waals surface area (Å²) in [6.45, 7) is 11.0. The van der Waals surface area contributed by atoms with Crippen LogP contribution in [0.25, 0.3) is 11.3 Å². The molecule has 3 rings (SSSR count). The normalized spacial score (nSPS) is 10.6. The van der Waals surface area contributed by atoms with Crippen molar-refractivity contribution in [3.05, 3.63) is 59.8 Å². The smallest absolute Gasteiger partial charge is 0.264 e. The number of thiazole rings is 1. The van der Waals surface area contributed by atoms with Crippen LogP contribution < -0.4 is 14.8 Å². The largest absolute Gasteiger partial charge is 0.490 e. The van der Waals surface area contributed by atoms with E-state index in [1.165, 1.54) is 11.3 Å². The zero-order chi connectivity index (χ0) is 20.8. The van der Waals surface area contributed by atoms with Gasteiger partial charge < -0.3 is 14.0 Å². The van der Waals surface area contributed by atoms with Crippen LogP contribution in [0.2, 0.25) is 0 Å². The molecule has 7 heteroatoms. The molecule has 1 N–H and O–H groups in total. The van der Waals surface area contributed by atoms with E-state index in [1.54, 1.807) is 6.07 Å². The lowest BCUT2D eigenvalue weighted by molar-refractivity contribution is -0.118. The predicted octanol–water partition coefficient (Wildman–Crippen LogP) is 4.83. The Labute approximate surface area is 174 Å². The van der Waals surface area contributed by atoms with E-state index in [4.69, 9.17) is 9.47 Å². The molecule has 0 fully saturated rings. The highest BCUT2D eigenvalue weighted by Crippen LogP contribution is 2.30. The number of aryl methyl sites for hydroxylation is 1. The Hall–Kier alpha value is -3.06. The molecule has 6 nitrogen and oxygen atoms in total. The molecule has 29 heavy (non-hydrogen) atoms. The van der Waals surface area contributed by atoms with E-state index in [-0.39, 0.29) is 12.5 Å². The van der Waals surface area contributed by atoms with E-state index in [2.05, 4.69) is 41.4 Å². The molecular formula is C22H25N3O3S. The summed E-state index contributed by atoms with van der Waals surface area (Å²) >= 11 is 1.39. The van der Waals surface area contributed by atoms with Gasteiger partial charge in [-0.3, -0.25) is 10.1 Å². The molecule has 0 saturated heterocycles. The molecule has 3 aromatic rings. The zero-order valence-corrected chi connectivity index (χ0v) is 17.7. The molecule has 1 aromatic carbocycles. The van der Waals surface area contributed by atoms with Crippen molar-refractivity contribution >= 4 is 22.4 Å². The summed E-state index contributed by atoms with van der Waals surface area (Å²) in [5, 5.41) is 5.29. The number of anilines is 1. The molecule has 0 atom stereocenters. The van der Waals surface area contributed by atoms with Gasteiger partial charge in [0.15, 0.2) is 23.2 Å². The second kappa shape index (κ2) is 9.43. The first-order valence-electron chi connectivity index (χ1n) is 9.41. The topological polar surface area (TPSA) is 65.4 Å². The fourth-order valence-corrected chi connectivity index (χ4v) is 3.79. The van der Waals surface area contributed by atoms with E-state index < -0.39 is 0 Å². The predicted molar refractivity (Wildman–Crippen MR) is 117 cm³/mol. The van der Waals surface area contributed by atoms with Gasteiger partial charge in [-0.15, -0.1) is 17.9 Å².